The lowest BCUT2D eigenvalue weighted by molar-refractivity contribution is 0.0689. The van der Waals surface area contributed by atoms with Crippen molar-refractivity contribution < 1.29 is 9.47 Å². The average molecular weight is 457 g/mol. The molecule has 0 spiro atoms. The fourth-order valence-corrected chi connectivity index (χ4v) is 2.29. The van der Waals surface area contributed by atoms with Gasteiger partial charge in [0.05, 0.1) is 13.2 Å². The summed E-state index contributed by atoms with van der Waals surface area (Å²) in [5, 5.41) is 6.73. The Morgan fingerprint density at radius 1 is 0.792 bits per heavy atom. The van der Waals surface area contributed by atoms with E-state index in [-0.39, 0.29) is 24.0 Å². The molecule has 0 aromatic heterocycles. The van der Waals surface area contributed by atoms with Crippen LogP contribution in [0, 0.1) is 0 Å². The highest BCUT2D eigenvalue weighted by molar-refractivity contribution is 14.0. The van der Waals surface area contributed by atoms with E-state index in [1.165, 1.54) is 44.9 Å². The highest BCUT2D eigenvalue weighted by atomic mass is 127. The summed E-state index contributed by atoms with van der Waals surface area (Å²) in [6.07, 6.45) is 11.5. The Morgan fingerprint density at radius 3 is 1.96 bits per heavy atom. The number of halogens is 1. The molecule has 0 fully saturated rings. The first-order valence-corrected chi connectivity index (χ1v) is 9.36. The fourth-order valence-electron chi connectivity index (χ4n) is 2.29. The van der Waals surface area contributed by atoms with E-state index in [9.17, 15) is 0 Å². The van der Waals surface area contributed by atoms with Gasteiger partial charge in [-0.25, -0.2) is 0 Å². The molecule has 0 bridgehead atoms. The number of unbranched alkanes of at least 4 members (excludes halogenated alkanes) is 7. The monoisotopic (exact) mass is 457 g/mol. The Labute approximate surface area is 166 Å². The Hall–Kier alpha value is -0.0800. The molecule has 0 amide bonds. The second kappa shape index (κ2) is 22.9. The van der Waals surface area contributed by atoms with Gasteiger partial charge in [-0.2, -0.15) is 0 Å². The number of methoxy groups -OCH3 is 1. The Balaban J connectivity index is 0. The van der Waals surface area contributed by atoms with Crippen LogP contribution in [0.4, 0.5) is 0 Å². The number of ether oxygens (including phenoxy) is 2. The number of rotatable bonds is 16. The zero-order chi connectivity index (χ0) is 17.0. The van der Waals surface area contributed by atoms with Crippen LogP contribution in [0.15, 0.2) is 4.99 Å². The summed E-state index contributed by atoms with van der Waals surface area (Å²) in [5.41, 5.74) is 0. The predicted molar refractivity (Wildman–Crippen MR) is 115 cm³/mol. The Bertz CT molecular complexity index is 245. The van der Waals surface area contributed by atoms with Gasteiger partial charge in [0.1, 0.15) is 0 Å². The van der Waals surface area contributed by atoms with E-state index in [1.807, 2.05) is 7.05 Å². The molecule has 5 nitrogen and oxygen atoms in total. The van der Waals surface area contributed by atoms with Gasteiger partial charge in [-0.1, -0.05) is 45.4 Å². The molecule has 0 aliphatic heterocycles. The Morgan fingerprint density at radius 2 is 1.38 bits per heavy atom. The highest BCUT2D eigenvalue weighted by Crippen LogP contribution is 2.06. The van der Waals surface area contributed by atoms with Gasteiger partial charge in [0, 0.05) is 33.9 Å². The second-order valence-electron chi connectivity index (χ2n) is 5.86. The topological polar surface area (TPSA) is 54.9 Å². The molecular formula is C18H40IN3O2. The van der Waals surface area contributed by atoms with Crippen molar-refractivity contribution in [1.29, 1.82) is 0 Å². The molecule has 0 aliphatic carbocycles. The predicted octanol–water partition coefficient (Wildman–Crippen LogP) is 3.96. The lowest BCUT2D eigenvalue weighted by Crippen LogP contribution is -2.38. The lowest BCUT2D eigenvalue weighted by atomic mass is 10.1. The quantitative estimate of drug-likeness (QED) is 0.159. The van der Waals surface area contributed by atoms with Gasteiger partial charge >= 0.3 is 0 Å². The van der Waals surface area contributed by atoms with Crippen LogP contribution in [-0.2, 0) is 9.47 Å². The van der Waals surface area contributed by atoms with Crippen molar-refractivity contribution in [2.45, 2.75) is 64.7 Å². The molecule has 6 heteroatoms. The maximum Gasteiger partial charge on any atom is 0.190 e. The van der Waals surface area contributed by atoms with E-state index in [2.05, 4.69) is 22.5 Å². The zero-order valence-corrected chi connectivity index (χ0v) is 18.4. The highest BCUT2D eigenvalue weighted by Gasteiger charge is 1.97. The van der Waals surface area contributed by atoms with Crippen molar-refractivity contribution >= 4 is 29.9 Å². The summed E-state index contributed by atoms with van der Waals surface area (Å²) in [6, 6.07) is 0. The molecule has 0 rings (SSSR count). The van der Waals surface area contributed by atoms with Crippen molar-refractivity contribution in [1.82, 2.24) is 10.6 Å². The molecule has 0 atom stereocenters. The molecule has 0 saturated heterocycles. The van der Waals surface area contributed by atoms with Crippen LogP contribution in [0.1, 0.15) is 64.7 Å². The third-order valence-corrected chi connectivity index (χ3v) is 3.74. The number of nitrogens with zero attached hydrogens (tertiary/aromatic N) is 1. The standard InChI is InChI=1S/C18H39N3O2.HI/c1-4-5-6-7-8-9-10-13-20-18(19-2)21-14-11-12-15-23-17-16-22-3;/h4-17H2,1-3H3,(H2,19,20,21);1H. The van der Waals surface area contributed by atoms with Crippen molar-refractivity contribution in [3.63, 3.8) is 0 Å². The third kappa shape index (κ3) is 20.0. The summed E-state index contributed by atoms with van der Waals surface area (Å²) in [4.78, 5) is 4.25. The number of aliphatic imine (C=N–C) groups is 1. The van der Waals surface area contributed by atoms with Crippen molar-refractivity contribution in [3.05, 3.63) is 0 Å². The van der Waals surface area contributed by atoms with Gasteiger partial charge in [-0.3, -0.25) is 4.99 Å². The van der Waals surface area contributed by atoms with Crippen LogP contribution < -0.4 is 10.6 Å². The van der Waals surface area contributed by atoms with Crippen molar-refractivity contribution in [3.8, 4) is 0 Å². The van der Waals surface area contributed by atoms with E-state index >= 15 is 0 Å². The van der Waals surface area contributed by atoms with Gasteiger partial charge in [0.15, 0.2) is 5.96 Å². The maximum atomic E-state index is 5.44. The first-order valence-electron chi connectivity index (χ1n) is 9.36. The van der Waals surface area contributed by atoms with E-state index in [0.29, 0.717) is 13.2 Å². The zero-order valence-electron chi connectivity index (χ0n) is 16.1. The molecule has 0 aromatic rings. The van der Waals surface area contributed by atoms with Crippen molar-refractivity contribution in [2.75, 3.05) is 47.1 Å². The van der Waals surface area contributed by atoms with Crippen LogP contribution in [0.25, 0.3) is 0 Å². The SMILES string of the molecule is CCCCCCCCCNC(=NC)NCCCCOCCOC.I. The number of nitrogens with one attached hydrogen (secondary N) is 2. The van der Waals surface area contributed by atoms with E-state index < -0.39 is 0 Å². The number of guanidine groups is 1. The summed E-state index contributed by atoms with van der Waals surface area (Å²) in [5.74, 6) is 0.913. The molecule has 0 aliphatic rings. The molecule has 0 radical (unpaired) electrons. The molecule has 0 aromatic carbocycles. The first kappa shape index (κ1) is 26.2. The summed E-state index contributed by atoms with van der Waals surface area (Å²) < 4.78 is 10.4. The third-order valence-electron chi connectivity index (χ3n) is 3.74. The van der Waals surface area contributed by atoms with Crippen LogP contribution in [0.3, 0.4) is 0 Å². The Kier molecular flexibility index (Phi) is 25.0. The van der Waals surface area contributed by atoms with Crippen LogP contribution in [0.5, 0.6) is 0 Å². The smallest absolute Gasteiger partial charge is 0.190 e. The fraction of sp³-hybridized carbons (Fsp3) is 0.944. The van der Waals surface area contributed by atoms with E-state index in [0.717, 1.165) is 38.5 Å². The summed E-state index contributed by atoms with van der Waals surface area (Å²) in [6.45, 7) is 6.36. The van der Waals surface area contributed by atoms with E-state index in [1.54, 1.807) is 7.11 Å². The van der Waals surface area contributed by atoms with Crippen LogP contribution in [-0.4, -0.2) is 53.0 Å². The summed E-state index contributed by atoms with van der Waals surface area (Å²) >= 11 is 0. The number of hydrogen-bond donors (Lipinski definition) is 2. The summed E-state index contributed by atoms with van der Waals surface area (Å²) in [7, 11) is 3.52. The maximum absolute atomic E-state index is 5.44. The van der Waals surface area contributed by atoms with Gasteiger partial charge in [-0.05, 0) is 19.3 Å². The minimum Gasteiger partial charge on any atom is -0.382 e. The normalized spacial score (nSPS) is 11.2. The van der Waals surface area contributed by atoms with Gasteiger partial charge < -0.3 is 20.1 Å². The minimum atomic E-state index is 0. The van der Waals surface area contributed by atoms with Gasteiger partial charge in [-0.15, -0.1) is 24.0 Å². The van der Waals surface area contributed by atoms with Gasteiger partial charge in [0.2, 0.25) is 0 Å². The number of hydrogen-bond acceptors (Lipinski definition) is 3. The molecular weight excluding hydrogens is 417 g/mol. The average Bonchev–Trinajstić information content (AvgIpc) is 2.57. The first-order chi connectivity index (χ1) is 11.3. The lowest BCUT2D eigenvalue weighted by Gasteiger charge is -2.11. The van der Waals surface area contributed by atoms with E-state index in [4.69, 9.17) is 9.47 Å². The molecule has 2 N–H and O–H groups in total. The minimum absolute atomic E-state index is 0. The molecule has 0 unspecified atom stereocenters. The molecule has 24 heavy (non-hydrogen) atoms. The molecule has 0 heterocycles. The largest absolute Gasteiger partial charge is 0.382 e. The van der Waals surface area contributed by atoms with Crippen molar-refractivity contribution in [2.24, 2.45) is 4.99 Å². The van der Waals surface area contributed by atoms with Crippen LogP contribution in [0.2, 0.25) is 0 Å². The van der Waals surface area contributed by atoms with Crippen LogP contribution >= 0.6 is 24.0 Å². The molecule has 0 saturated carbocycles. The second-order valence-corrected chi connectivity index (χ2v) is 5.86. The van der Waals surface area contributed by atoms with Gasteiger partial charge in [0.25, 0.3) is 0 Å². The molecule has 146 valence electrons.